The number of rotatable bonds is 5. The smallest absolute Gasteiger partial charge is 0.404 e. The topological polar surface area (TPSA) is 64.3 Å². The maximum absolute atomic E-state index is 10.0. The van der Waals surface area contributed by atoms with Crippen LogP contribution < -0.4 is 11.1 Å². The van der Waals surface area contributed by atoms with Crippen LogP contribution in [0.25, 0.3) is 0 Å². The lowest BCUT2D eigenvalue weighted by atomic mass is 10.3. The van der Waals surface area contributed by atoms with Gasteiger partial charge in [0.1, 0.15) is 0 Å². The molecule has 0 aliphatic rings. The van der Waals surface area contributed by atoms with E-state index in [4.69, 9.17) is 5.73 Å². The van der Waals surface area contributed by atoms with Gasteiger partial charge in [-0.05, 0) is 26.4 Å². The number of carbonyl (C=O) groups is 1. The fraction of sp³-hybridized carbons (Fsp3) is 0.833. The summed E-state index contributed by atoms with van der Waals surface area (Å²) in [6, 6.07) is 0. The van der Waals surface area contributed by atoms with Crippen LogP contribution in [0.4, 0.5) is 4.79 Å². The highest BCUT2D eigenvalue weighted by molar-refractivity contribution is 5.64. The van der Waals surface area contributed by atoms with Gasteiger partial charge in [0, 0.05) is 0 Å². The number of primary amides is 1. The maximum Gasteiger partial charge on any atom is 0.404 e. The third-order valence-electron chi connectivity index (χ3n) is 1.07. The van der Waals surface area contributed by atoms with Crippen molar-refractivity contribution in [3.8, 4) is 0 Å². The third-order valence-corrected chi connectivity index (χ3v) is 1.07. The van der Waals surface area contributed by atoms with Crippen molar-refractivity contribution < 1.29 is 9.53 Å². The van der Waals surface area contributed by atoms with Crippen LogP contribution in [-0.4, -0.2) is 26.3 Å². The summed E-state index contributed by atoms with van der Waals surface area (Å²) >= 11 is 0. The number of hydrogen-bond acceptors (Lipinski definition) is 3. The summed E-state index contributed by atoms with van der Waals surface area (Å²) in [5.41, 5.74) is 4.73. The summed E-state index contributed by atoms with van der Waals surface area (Å²) in [6.07, 6.45) is 1.18. The van der Waals surface area contributed by atoms with E-state index in [-0.39, 0.29) is 0 Å². The van der Waals surface area contributed by atoms with Gasteiger partial charge in [0.05, 0.1) is 6.61 Å². The highest BCUT2D eigenvalue weighted by Gasteiger charge is 1.91. The molecule has 4 heteroatoms. The largest absolute Gasteiger partial charge is 0.450 e. The molecular formula is C6H14N2O2. The molecule has 0 rings (SSSR count). The van der Waals surface area contributed by atoms with E-state index in [1.807, 2.05) is 7.05 Å². The van der Waals surface area contributed by atoms with Crippen molar-refractivity contribution in [2.75, 3.05) is 20.2 Å². The predicted molar refractivity (Wildman–Crippen MR) is 38.7 cm³/mol. The molecule has 0 aliphatic heterocycles. The Hall–Kier alpha value is -0.770. The molecule has 0 aromatic heterocycles. The Morgan fingerprint density at radius 3 is 2.80 bits per heavy atom. The molecule has 0 atom stereocenters. The molecule has 10 heavy (non-hydrogen) atoms. The van der Waals surface area contributed by atoms with Crippen molar-refractivity contribution in [3.05, 3.63) is 0 Å². The van der Waals surface area contributed by atoms with Gasteiger partial charge in [0.2, 0.25) is 0 Å². The van der Waals surface area contributed by atoms with Crippen molar-refractivity contribution in [1.82, 2.24) is 5.32 Å². The lowest BCUT2D eigenvalue weighted by Crippen LogP contribution is -2.15. The normalized spacial score (nSPS) is 9.30. The number of unbranched alkanes of at least 4 members (excludes halogenated alkanes) is 1. The molecule has 0 aliphatic carbocycles. The molecular weight excluding hydrogens is 132 g/mol. The van der Waals surface area contributed by atoms with Gasteiger partial charge >= 0.3 is 6.09 Å². The summed E-state index contributed by atoms with van der Waals surface area (Å²) < 4.78 is 4.50. The first-order valence-electron chi connectivity index (χ1n) is 3.34. The van der Waals surface area contributed by atoms with E-state index >= 15 is 0 Å². The molecule has 0 aromatic rings. The Bertz CT molecular complexity index is 95.7. The standard InChI is InChI=1S/C6H14N2O2/c1-8-4-2-3-5-10-6(7)9/h8H,2-5H2,1H3,(H2,7,9). The van der Waals surface area contributed by atoms with Crippen molar-refractivity contribution in [1.29, 1.82) is 0 Å². The molecule has 0 aromatic carbocycles. The summed E-state index contributed by atoms with van der Waals surface area (Å²) in [4.78, 5) is 10.0. The van der Waals surface area contributed by atoms with Crippen LogP contribution >= 0.6 is 0 Å². The van der Waals surface area contributed by atoms with Gasteiger partial charge in [-0.3, -0.25) is 0 Å². The van der Waals surface area contributed by atoms with Crippen LogP contribution in [0.1, 0.15) is 12.8 Å². The molecule has 0 saturated heterocycles. The SMILES string of the molecule is CNCCCCOC(N)=O. The Morgan fingerprint density at radius 1 is 1.60 bits per heavy atom. The fourth-order valence-corrected chi connectivity index (χ4v) is 0.577. The highest BCUT2D eigenvalue weighted by Crippen LogP contribution is 1.87. The molecule has 0 spiro atoms. The lowest BCUT2D eigenvalue weighted by molar-refractivity contribution is 0.154. The van der Waals surface area contributed by atoms with E-state index in [0.29, 0.717) is 6.61 Å². The van der Waals surface area contributed by atoms with Crippen LogP contribution in [0, 0.1) is 0 Å². The molecule has 4 nitrogen and oxygen atoms in total. The lowest BCUT2D eigenvalue weighted by Gasteiger charge is -1.99. The van der Waals surface area contributed by atoms with Gasteiger partial charge in [-0.2, -0.15) is 0 Å². The minimum atomic E-state index is -0.690. The summed E-state index contributed by atoms with van der Waals surface area (Å²) in [5, 5.41) is 2.98. The molecule has 1 amide bonds. The van der Waals surface area contributed by atoms with Gasteiger partial charge < -0.3 is 15.8 Å². The van der Waals surface area contributed by atoms with E-state index < -0.39 is 6.09 Å². The predicted octanol–water partition coefficient (Wildman–Crippen LogP) is 0.0813. The van der Waals surface area contributed by atoms with Gasteiger partial charge in [-0.1, -0.05) is 0 Å². The number of hydrogen-bond donors (Lipinski definition) is 2. The second kappa shape index (κ2) is 6.35. The fourth-order valence-electron chi connectivity index (χ4n) is 0.577. The van der Waals surface area contributed by atoms with Gasteiger partial charge in [-0.15, -0.1) is 0 Å². The first-order valence-corrected chi connectivity index (χ1v) is 3.34. The first kappa shape index (κ1) is 9.23. The van der Waals surface area contributed by atoms with Crippen LogP contribution in [0.2, 0.25) is 0 Å². The Labute approximate surface area is 60.7 Å². The van der Waals surface area contributed by atoms with Gasteiger partial charge in [0.25, 0.3) is 0 Å². The van der Waals surface area contributed by atoms with E-state index in [1.165, 1.54) is 0 Å². The van der Waals surface area contributed by atoms with E-state index in [9.17, 15) is 4.79 Å². The van der Waals surface area contributed by atoms with E-state index in [2.05, 4.69) is 10.1 Å². The van der Waals surface area contributed by atoms with Crippen molar-refractivity contribution in [2.45, 2.75) is 12.8 Å². The van der Waals surface area contributed by atoms with Crippen molar-refractivity contribution >= 4 is 6.09 Å². The van der Waals surface area contributed by atoms with Crippen molar-refractivity contribution in [2.24, 2.45) is 5.73 Å². The Kier molecular flexibility index (Phi) is 5.86. The minimum Gasteiger partial charge on any atom is -0.450 e. The zero-order valence-corrected chi connectivity index (χ0v) is 6.22. The number of carbonyl (C=O) groups excluding carboxylic acids is 1. The Balaban J connectivity index is 2.84. The molecule has 0 fully saturated rings. The van der Waals surface area contributed by atoms with Gasteiger partial charge in [-0.25, -0.2) is 4.79 Å². The highest BCUT2D eigenvalue weighted by atomic mass is 16.5. The molecule has 3 N–H and O–H groups in total. The molecule has 0 unspecified atom stereocenters. The number of amides is 1. The Morgan fingerprint density at radius 2 is 2.30 bits per heavy atom. The summed E-state index contributed by atoms with van der Waals surface area (Å²) in [7, 11) is 1.88. The minimum absolute atomic E-state index is 0.428. The second-order valence-corrected chi connectivity index (χ2v) is 1.98. The van der Waals surface area contributed by atoms with Crippen molar-refractivity contribution in [3.63, 3.8) is 0 Å². The first-order chi connectivity index (χ1) is 4.77. The average Bonchev–Trinajstić information content (AvgIpc) is 1.87. The van der Waals surface area contributed by atoms with Gasteiger partial charge in [0.15, 0.2) is 0 Å². The molecule has 0 saturated carbocycles. The zero-order chi connectivity index (χ0) is 7.82. The average molecular weight is 146 g/mol. The number of ether oxygens (including phenoxy) is 1. The summed E-state index contributed by atoms with van der Waals surface area (Å²) in [6.45, 7) is 1.37. The monoisotopic (exact) mass is 146 g/mol. The number of nitrogens with two attached hydrogens (primary N) is 1. The van der Waals surface area contributed by atoms with Crippen LogP contribution in [-0.2, 0) is 4.74 Å². The maximum atomic E-state index is 10.0. The van der Waals surface area contributed by atoms with Crippen LogP contribution in [0.3, 0.4) is 0 Å². The molecule has 0 bridgehead atoms. The second-order valence-electron chi connectivity index (χ2n) is 1.98. The zero-order valence-electron chi connectivity index (χ0n) is 6.22. The third kappa shape index (κ3) is 7.23. The van der Waals surface area contributed by atoms with E-state index in [1.54, 1.807) is 0 Å². The molecule has 0 radical (unpaired) electrons. The van der Waals surface area contributed by atoms with Crippen LogP contribution in [0.5, 0.6) is 0 Å². The summed E-state index contributed by atoms with van der Waals surface area (Å²) in [5.74, 6) is 0. The van der Waals surface area contributed by atoms with Crippen LogP contribution in [0.15, 0.2) is 0 Å². The molecule has 0 heterocycles. The quantitative estimate of drug-likeness (QED) is 0.540. The number of nitrogens with one attached hydrogen (secondary N) is 1. The van der Waals surface area contributed by atoms with E-state index in [0.717, 1.165) is 19.4 Å². The molecule has 60 valence electrons.